The lowest BCUT2D eigenvalue weighted by atomic mass is 10.1. The van der Waals surface area contributed by atoms with Crippen molar-refractivity contribution in [3.05, 3.63) is 46.8 Å². The highest BCUT2D eigenvalue weighted by molar-refractivity contribution is 6.03. The third kappa shape index (κ3) is 2.37. The number of carbonyl (C=O) groups is 1. The number of hydrogen-bond donors (Lipinski definition) is 2. The van der Waals surface area contributed by atoms with Crippen LogP contribution in [0.25, 0.3) is 0 Å². The van der Waals surface area contributed by atoms with Crippen molar-refractivity contribution in [2.45, 2.75) is 19.9 Å². The summed E-state index contributed by atoms with van der Waals surface area (Å²) < 4.78 is 5.22. The fourth-order valence-corrected chi connectivity index (χ4v) is 2.23. The van der Waals surface area contributed by atoms with Crippen LogP contribution in [0.5, 0.6) is 0 Å². The SMILES string of the molecule is Cc1cccc(NC(=O)c2noc3c2CNCC3)c1. The zero-order chi connectivity index (χ0) is 13.2. The molecule has 0 fully saturated rings. The highest BCUT2D eigenvalue weighted by Gasteiger charge is 2.23. The van der Waals surface area contributed by atoms with Crippen molar-refractivity contribution in [1.82, 2.24) is 10.5 Å². The summed E-state index contributed by atoms with van der Waals surface area (Å²) in [6.07, 6.45) is 0.778. The van der Waals surface area contributed by atoms with E-state index in [9.17, 15) is 4.79 Å². The normalized spacial score (nSPS) is 13.9. The summed E-state index contributed by atoms with van der Waals surface area (Å²) in [6, 6.07) is 7.67. The van der Waals surface area contributed by atoms with E-state index >= 15 is 0 Å². The molecule has 19 heavy (non-hydrogen) atoms. The number of amides is 1. The fraction of sp³-hybridized carbons (Fsp3) is 0.286. The van der Waals surface area contributed by atoms with Crippen LogP contribution in [0.3, 0.4) is 0 Å². The van der Waals surface area contributed by atoms with Crippen LogP contribution in [0.15, 0.2) is 28.8 Å². The predicted octanol–water partition coefficient (Wildman–Crippen LogP) is 1.88. The quantitative estimate of drug-likeness (QED) is 0.862. The molecular weight excluding hydrogens is 242 g/mol. The van der Waals surface area contributed by atoms with Gasteiger partial charge in [0.1, 0.15) is 5.76 Å². The van der Waals surface area contributed by atoms with Crippen molar-refractivity contribution in [3.8, 4) is 0 Å². The molecule has 2 aromatic rings. The maximum Gasteiger partial charge on any atom is 0.278 e. The average Bonchev–Trinajstić information content (AvgIpc) is 2.82. The smallest absolute Gasteiger partial charge is 0.278 e. The molecule has 0 aliphatic carbocycles. The molecule has 5 nitrogen and oxygen atoms in total. The molecule has 1 aromatic heterocycles. The number of aryl methyl sites for hydroxylation is 1. The molecule has 3 rings (SSSR count). The van der Waals surface area contributed by atoms with Crippen LogP contribution in [0.2, 0.25) is 0 Å². The highest BCUT2D eigenvalue weighted by Crippen LogP contribution is 2.19. The van der Waals surface area contributed by atoms with Crippen LogP contribution in [-0.4, -0.2) is 17.6 Å². The largest absolute Gasteiger partial charge is 0.360 e. The summed E-state index contributed by atoms with van der Waals surface area (Å²) in [7, 11) is 0. The van der Waals surface area contributed by atoms with Crippen molar-refractivity contribution in [3.63, 3.8) is 0 Å². The van der Waals surface area contributed by atoms with E-state index in [-0.39, 0.29) is 5.91 Å². The van der Waals surface area contributed by atoms with Gasteiger partial charge in [0, 0.05) is 30.8 Å². The van der Waals surface area contributed by atoms with E-state index < -0.39 is 0 Å². The van der Waals surface area contributed by atoms with Crippen molar-refractivity contribution in [2.24, 2.45) is 0 Å². The maximum atomic E-state index is 12.2. The number of nitrogens with one attached hydrogen (secondary N) is 2. The molecule has 1 aliphatic rings. The lowest BCUT2D eigenvalue weighted by Crippen LogP contribution is -2.25. The Bertz CT molecular complexity index is 619. The summed E-state index contributed by atoms with van der Waals surface area (Å²) in [5, 5.41) is 9.95. The Morgan fingerprint density at radius 2 is 2.37 bits per heavy atom. The van der Waals surface area contributed by atoms with Gasteiger partial charge in [-0.1, -0.05) is 17.3 Å². The second-order valence-electron chi connectivity index (χ2n) is 4.68. The molecule has 0 radical (unpaired) electrons. The van der Waals surface area contributed by atoms with E-state index in [1.165, 1.54) is 0 Å². The first-order valence-corrected chi connectivity index (χ1v) is 6.30. The molecule has 1 aliphatic heterocycles. The number of carbonyl (C=O) groups excluding carboxylic acids is 1. The first kappa shape index (κ1) is 11.9. The molecule has 2 N–H and O–H groups in total. The predicted molar refractivity (Wildman–Crippen MR) is 71.0 cm³/mol. The van der Waals surface area contributed by atoms with Gasteiger partial charge in [-0.15, -0.1) is 0 Å². The van der Waals surface area contributed by atoms with Gasteiger partial charge in [-0.25, -0.2) is 0 Å². The number of nitrogens with zero attached hydrogens (tertiary/aromatic N) is 1. The van der Waals surface area contributed by atoms with E-state index in [0.717, 1.165) is 35.5 Å². The molecule has 0 saturated heterocycles. The second-order valence-corrected chi connectivity index (χ2v) is 4.68. The van der Waals surface area contributed by atoms with Gasteiger partial charge in [-0.3, -0.25) is 4.79 Å². The number of hydrogen-bond acceptors (Lipinski definition) is 4. The summed E-state index contributed by atoms with van der Waals surface area (Å²) in [5.41, 5.74) is 3.12. The number of benzene rings is 1. The van der Waals surface area contributed by atoms with Gasteiger partial charge in [-0.05, 0) is 24.6 Å². The molecule has 1 amide bonds. The molecule has 0 unspecified atom stereocenters. The van der Waals surface area contributed by atoms with Gasteiger partial charge in [0.05, 0.1) is 0 Å². The monoisotopic (exact) mass is 257 g/mol. The number of anilines is 1. The van der Waals surface area contributed by atoms with Gasteiger partial charge in [-0.2, -0.15) is 0 Å². The number of fused-ring (bicyclic) bond motifs is 1. The fourth-order valence-electron chi connectivity index (χ4n) is 2.23. The average molecular weight is 257 g/mol. The lowest BCUT2D eigenvalue weighted by Gasteiger charge is -2.11. The first-order chi connectivity index (χ1) is 9.24. The Morgan fingerprint density at radius 1 is 1.47 bits per heavy atom. The van der Waals surface area contributed by atoms with E-state index in [4.69, 9.17) is 4.52 Å². The first-order valence-electron chi connectivity index (χ1n) is 6.30. The number of aromatic nitrogens is 1. The Balaban J connectivity index is 1.83. The zero-order valence-corrected chi connectivity index (χ0v) is 10.7. The van der Waals surface area contributed by atoms with Crippen LogP contribution in [0.4, 0.5) is 5.69 Å². The summed E-state index contributed by atoms with van der Waals surface area (Å²) in [5.74, 6) is 0.590. The molecule has 0 saturated carbocycles. The Hall–Kier alpha value is -2.14. The van der Waals surface area contributed by atoms with Crippen LogP contribution in [-0.2, 0) is 13.0 Å². The minimum atomic E-state index is -0.223. The third-order valence-electron chi connectivity index (χ3n) is 3.19. The third-order valence-corrected chi connectivity index (χ3v) is 3.19. The second kappa shape index (κ2) is 4.85. The van der Waals surface area contributed by atoms with Gasteiger partial charge >= 0.3 is 0 Å². The standard InChI is InChI=1S/C14H15N3O2/c1-9-3-2-4-10(7-9)16-14(18)13-11-8-15-6-5-12(11)19-17-13/h2-4,7,15H,5-6,8H2,1H3,(H,16,18). The van der Waals surface area contributed by atoms with Crippen LogP contribution in [0, 0.1) is 6.92 Å². The zero-order valence-electron chi connectivity index (χ0n) is 10.7. The molecule has 0 bridgehead atoms. The van der Waals surface area contributed by atoms with Gasteiger partial charge in [0.25, 0.3) is 5.91 Å². The van der Waals surface area contributed by atoms with Crippen molar-refractivity contribution >= 4 is 11.6 Å². The Labute approximate surface area is 111 Å². The molecule has 2 heterocycles. The van der Waals surface area contributed by atoms with Gasteiger partial charge < -0.3 is 15.2 Å². The van der Waals surface area contributed by atoms with Crippen LogP contribution in [0.1, 0.15) is 27.4 Å². The summed E-state index contributed by atoms with van der Waals surface area (Å²) in [6.45, 7) is 3.48. The minimum Gasteiger partial charge on any atom is -0.360 e. The molecule has 0 spiro atoms. The van der Waals surface area contributed by atoms with E-state index in [2.05, 4.69) is 15.8 Å². The lowest BCUT2D eigenvalue weighted by molar-refractivity contribution is 0.101. The highest BCUT2D eigenvalue weighted by atomic mass is 16.5. The molecule has 1 aromatic carbocycles. The van der Waals surface area contributed by atoms with E-state index in [0.29, 0.717) is 12.2 Å². The van der Waals surface area contributed by atoms with Crippen LogP contribution < -0.4 is 10.6 Å². The van der Waals surface area contributed by atoms with Crippen molar-refractivity contribution < 1.29 is 9.32 Å². The Morgan fingerprint density at radius 3 is 3.21 bits per heavy atom. The van der Waals surface area contributed by atoms with Crippen LogP contribution >= 0.6 is 0 Å². The molecule has 98 valence electrons. The van der Waals surface area contributed by atoms with Gasteiger partial charge in [0.2, 0.25) is 0 Å². The van der Waals surface area contributed by atoms with E-state index in [1.54, 1.807) is 0 Å². The summed E-state index contributed by atoms with van der Waals surface area (Å²) >= 11 is 0. The van der Waals surface area contributed by atoms with Crippen molar-refractivity contribution in [2.75, 3.05) is 11.9 Å². The molecular formula is C14H15N3O2. The van der Waals surface area contributed by atoms with E-state index in [1.807, 2.05) is 31.2 Å². The number of rotatable bonds is 2. The molecule has 0 atom stereocenters. The Kier molecular flexibility index (Phi) is 3.05. The topological polar surface area (TPSA) is 67.2 Å². The maximum absolute atomic E-state index is 12.2. The molecule has 5 heteroatoms. The van der Waals surface area contributed by atoms with Crippen molar-refractivity contribution in [1.29, 1.82) is 0 Å². The minimum absolute atomic E-state index is 0.223. The van der Waals surface area contributed by atoms with Gasteiger partial charge in [0.15, 0.2) is 5.69 Å². The summed E-state index contributed by atoms with van der Waals surface area (Å²) in [4.78, 5) is 12.2.